The first kappa shape index (κ1) is 36.3. The van der Waals surface area contributed by atoms with E-state index in [-0.39, 0.29) is 42.3 Å². The van der Waals surface area contributed by atoms with E-state index in [0.29, 0.717) is 18.5 Å². The quantitative estimate of drug-likeness (QED) is 0.277. The first-order valence-electron chi connectivity index (χ1n) is 16.7. The molecule has 2 fully saturated rings. The maximum atomic E-state index is 14.1. The van der Waals surface area contributed by atoms with Gasteiger partial charge < -0.3 is 19.9 Å². The number of esters is 1. The number of piperidine rings is 1. The van der Waals surface area contributed by atoms with Crippen LogP contribution in [0.4, 0.5) is 0 Å². The lowest BCUT2D eigenvalue weighted by atomic mass is 9.84. The van der Waals surface area contributed by atoms with Gasteiger partial charge in [-0.3, -0.25) is 19.3 Å². The minimum absolute atomic E-state index is 0.00184. The van der Waals surface area contributed by atoms with Crippen LogP contribution in [0.25, 0.3) is 0 Å². The SMILES string of the molecule is CC(=C[C@H](C(C)C)N(C)C(=O)[C@@H](NC(=O)[C@H]1CCCCN1C(C)C)C(C)(C)C)C(=O)N1CCC[C@H]1C(=O)OCc1ccccc1. The van der Waals surface area contributed by atoms with Crippen LogP contribution in [0, 0.1) is 11.3 Å². The summed E-state index contributed by atoms with van der Waals surface area (Å²) in [5.74, 6) is -0.929. The summed E-state index contributed by atoms with van der Waals surface area (Å²) >= 11 is 0. The molecule has 45 heavy (non-hydrogen) atoms. The molecule has 3 amide bonds. The molecule has 1 N–H and O–H groups in total. The second kappa shape index (κ2) is 15.9. The summed E-state index contributed by atoms with van der Waals surface area (Å²) in [4.78, 5) is 59.9. The van der Waals surface area contributed by atoms with Gasteiger partial charge in [0.15, 0.2) is 0 Å². The Kier molecular flexibility index (Phi) is 12.8. The van der Waals surface area contributed by atoms with Crippen LogP contribution in [0.3, 0.4) is 0 Å². The number of carbonyl (C=O) groups excluding carboxylic acids is 4. The van der Waals surface area contributed by atoms with E-state index in [0.717, 1.165) is 37.8 Å². The number of benzene rings is 1. The first-order chi connectivity index (χ1) is 21.1. The number of rotatable bonds is 11. The average molecular weight is 625 g/mol. The Labute approximate surface area is 270 Å². The Morgan fingerprint density at radius 1 is 0.978 bits per heavy atom. The zero-order valence-corrected chi connectivity index (χ0v) is 29.0. The Morgan fingerprint density at radius 2 is 1.62 bits per heavy atom. The van der Waals surface area contributed by atoms with Crippen molar-refractivity contribution in [3.05, 3.63) is 47.5 Å². The van der Waals surface area contributed by atoms with Crippen molar-refractivity contribution in [1.82, 2.24) is 20.0 Å². The van der Waals surface area contributed by atoms with E-state index in [1.807, 2.05) is 71.0 Å². The van der Waals surface area contributed by atoms with Crippen LogP contribution in [0.5, 0.6) is 0 Å². The second-order valence-electron chi connectivity index (χ2n) is 14.4. The molecule has 0 saturated carbocycles. The molecule has 1 aromatic carbocycles. The van der Waals surface area contributed by atoms with Crippen molar-refractivity contribution in [2.45, 2.75) is 124 Å². The topological polar surface area (TPSA) is 99.3 Å². The van der Waals surface area contributed by atoms with Crippen molar-refractivity contribution in [2.24, 2.45) is 11.3 Å². The summed E-state index contributed by atoms with van der Waals surface area (Å²) in [6.45, 7) is 17.4. The molecule has 0 radical (unpaired) electrons. The van der Waals surface area contributed by atoms with Gasteiger partial charge in [-0.1, -0.05) is 77.4 Å². The fourth-order valence-electron chi connectivity index (χ4n) is 6.48. The molecule has 9 nitrogen and oxygen atoms in total. The molecule has 1 aromatic rings. The van der Waals surface area contributed by atoms with Crippen molar-refractivity contribution >= 4 is 23.7 Å². The van der Waals surface area contributed by atoms with Gasteiger partial charge in [-0.05, 0) is 69.9 Å². The minimum Gasteiger partial charge on any atom is -0.459 e. The van der Waals surface area contributed by atoms with E-state index >= 15 is 0 Å². The molecule has 2 saturated heterocycles. The summed E-state index contributed by atoms with van der Waals surface area (Å²) < 4.78 is 5.57. The van der Waals surface area contributed by atoms with E-state index in [4.69, 9.17) is 4.74 Å². The number of ether oxygens (including phenoxy) is 1. The number of nitrogens with zero attached hydrogens (tertiary/aromatic N) is 3. The highest BCUT2D eigenvalue weighted by atomic mass is 16.5. The summed E-state index contributed by atoms with van der Waals surface area (Å²) in [6.07, 6.45) is 5.95. The van der Waals surface area contributed by atoms with E-state index in [2.05, 4.69) is 24.1 Å². The highest BCUT2D eigenvalue weighted by Gasteiger charge is 2.40. The molecule has 9 heteroatoms. The molecule has 4 atom stereocenters. The Morgan fingerprint density at radius 3 is 2.22 bits per heavy atom. The lowest BCUT2D eigenvalue weighted by Crippen LogP contribution is -2.60. The minimum atomic E-state index is -0.737. The number of hydrogen-bond acceptors (Lipinski definition) is 6. The third kappa shape index (κ3) is 9.41. The molecule has 2 aliphatic rings. The average Bonchev–Trinajstić information content (AvgIpc) is 3.50. The van der Waals surface area contributed by atoms with Crippen LogP contribution in [-0.2, 0) is 30.5 Å². The van der Waals surface area contributed by atoms with Crippen LogP contribution in [-0.4, -0.2) is 88.7 Å². The van der Waals surface area contributed by atoms with Crippen molar-refractivity contribution in [3.63, 3.8) is 0 Å². The van der Waals surface area contributed by atoms with E-state index < -0.39 is 29.5 Å². The number of likely N-dealkylation sites (tertiary alicyclic amines) is 2. The van der Waals surface area contributed by atoms with Crippen LogP contribution < -0.4 is 5.32 Å². The molecular weight excluding hydrogens is 568 g/mol. The fourth-order valence-corrected chi connectivity index (χ4v) is 6.48. The van der Waals surface area contributed by atoms with Crippen molar-refractivity contribution < 1.29 is 23.9 Å². The normalized spacial score (nSPS) is 21.0. The predicted molar refractivity (Wildman–Crippen MR) is 177 cm³/mol. The second-order valence-corrected chi connectivity index (χ2v) is 14.4. The van der Waals surface area contributed by atoms with Gasteiger partial charge in [0.2, 0.25) is 17.7 Å². The molecule has 0 aliphatic carbocycles. The zero-order chi connectivity index (χ0) is 33.5. The molecule has 2 aliphatic heterocycles. The molecular formula is C36H56N4O5. The first-order valence-corrected chi connectivity index (χ1v) is 16.7. The van der Waals surface area contributed by atoms with Gasteiger partial charge in [0.25, 0.3) is 0 Å². The Balaban J connectivity index is 1.75. The largest absolute Gasteiger partial charge is 0.459 e. The van der Waals surface area contributed by atoms with Crippen LogP contribution >= 0.6 is 0 Å². The molecule has 0 unspecified atom stereocenters. The Hall–Kier alpha value is -3.20. The highest BCUT2D eigenvalue weighted by molar-refractivity contribution is 5.96. The molecule has 250 valence electrons. The zero-order valence-electron chi connectivity index (χ0n) is 29.0. The number of likely N-dealkylation sites (N-methyl/N-ethyl adjacent to an activating group) is 1. The van der Waals surface area contributed by atoms with Gasteiger partial charge in [0.05, 0.1) is 12.1 Å². The monoisotopic (exact) mass is 624 g/mol. The summed E-state index contributed by atoms with van der Waals surface area (Å²) in [5.41, 5.74) is 0.838. The molecule has 0 bridgehead atoms. The van der Waals surface area contributed by atoms with Gasteiger partial charge in [-0.25, -0.2) is 4.79 Å². The number of carbonyl (C=O) groups is 4. The summed E-state index contributed by atoms with van der Waals surface area (Å²) in [6, 6.07) is 7.71. The van der Waals surface area contributed by atoms with E-state index in [9.17, 15) is 19.2 Å². The van der Waals surface area contributed by atoms with Crippen LogP contribution in [0.15, 0.2) is 42.0 Å². The van der Waals surface area contributed by atoms with Gasteiger partial charge in [-0.2, -0.15) is 0 Å². The van der Waals surface area contributed by atoms with Gasteiger partial charge in [0, 0.05) is 25.2 Å². The smallest absolute Gasteiger partial charge is 0.329 e. The predicted octanol–water partition coefficient (Wildman–Crippen LogP) is 4.94. The van der Waals surface area contributed by atoms with Gasteiger partial charge >= 0.3 is 5.97 Å². The molecule has 0 spiro atoms. The number of hydrogen-bond donors (Lipinski definition) is 1. The van der Waals surface area contributed by atoms with Crippen molar-refractivity contribution in [2.75, 3.05) is 20.1 Å². The fraction of sp³-hybridized carbons (Fsp3) is 0.667. The lowest BCUT2D eigenvalue weighted by molar-refractivity contribution is -0.153. The number of nitrogens with one attached hydrogen (secondary N) is 1. The molecule has 2 heterocycles. The van der Waals surface area contributed by atoms with Crippen LogP contribution in [0.1, 0.15) is 93.1 Å². The summed E-state index contributed by atoms with van der Waals surface area (Å²) in [5, 5.41) is 3.13. The molecule has 0 aromatic heterocycles. The third-order valence-electron chi connectivity index (χ3n) is 9.16. The third-order valence-corrected chi connectivity index (χ3v) is 9.16. The van der Waals surface area contributed by atoms with Crippen molar-refractivity contribution in [1.29, 1.82) is 0 Å². The molecule has 3 rings (SSSR count). The maximum absolute atomic E-state index is 14.1. The number of amides is 3. The van der Waals surface area contributed by atoms with Crippen LogP contribution in [0.2, 0.25) is 0 Å². The lowest BCUT2D eigenvalue weighted by Gasteiger charge is -2.41. The highest BCUT2D eigenvalue weighted by Crippen LogP contribution is 2.27. The van der Waals surface area contributed by atoms with E-state index in [1.165, 1.54) is 0 Å². The summed E-state index contributed by atoms with van der Waals surface area (Å²) in [7, 11) is 1.74. The van der Waals surface area contributed by atoms with E-state index in [1.54, 1.807) is 23.8 Å². The Bertz CT molecular complexity index is 1210. The maximum Gasteiger partial charge on any atom is 0.329 e. The standard InChI is InChI=1S/C36H56N4O5/c1-24(2)30(22-26(5)33(42)40-21-15-19-29(40)35(44)45-23-27-16-11-10-12-17-27)38(9)34(43)31(36(6,7)8)37-32(41)28-18-13-14-20-39(28)25(3)4/h10-12,16-17,22,24-25,28-31H,13-15,18-21,23H2,1-9H3,(H,37,41)/t28-,29+,30-,31-/m1/s1. The van der Waals surface area contributed by atoms with Gasteiger partial charge in [0.1, 0.15) is 18.7 Å². The van der Waals surface area contributed by atoms with Gasteiger partial charge in [-0.15, -0.1) is 0 Å². The van der Waals surface area contributed by atoms with Crippen molar-refractivity contribution in [3.8, 4) is 0 Å².